The Morgan fingerprint density at radius 3 is 2.70 bits per heavy atom. The van der Waals surface area contributed by atoms with E-state index in [1.54, 1.807) is 23.2 Å². The minimum absolute atomic E-state index is 0.194. The van der Waals surface area contributed by atoms with Crippen molar-refractivity contribution in [2.75, 3.05) is 13.2 Å². The van der Waals surface area contributed by atoms with Gasteiger partial charge in [-0.15, -0.1) is 0 Å². The van der Waals surface area contributed by atoms with E-state index in [0.717, 1.165) is 11.4 Å². The van der Waals surface area contributed by atoms with E-state index in [1.165, 1.54) is 0 Å². The van der Waals surface area contributed by atoms with Gasteiger partial charge in [0.1, 0.15) is 11.4 Å². The lowest BCUT2D eigenvalue weighted by molar-refractivity contribution is -0.0521. The molecule has 3 rings (SSSR count). The molecule has 2 aromatic heterocycles. The molecule has 2 aromatic rings. The van der Waals surface area contributed by atoms with Crippen LogP contribution in [-0.2, 0) is 17.2 Å². The average Bonchev–Trinajstić information content (AvgIpc) is 2.81. The molecule has 2 N–H and O–H groups in total. The van der Waals surface area contributed by atoms with E-state index in [9.17, 15) is 4.79 Å². The Morgan fingerprint density at radius 2 is 2.20 bits per heavy atom. The SMILES string of the molecule is Cn1cncc1-c1nc(C(N)=O)cc(C2(C)COC2)n1. The molecule has 0 aromatic carbocycles. The zero-order valence-electron chi connectivity index (χ0n) is 11.3. The van der Waals surface area contributed by atoms with E-state index in [1.807, 2.05) is 14.0 Å². The largest absolute Gasteiger partial charge is 0.379 e. The molecule has 3 heterocycles. The highest BCUT2D eigenvalue weighted by Gasteiger charge is 2.37. The molecule has 7 nitrogen and oxygen atoms in total. The first-order chi connectivity index (χ1) is 9.49. The van der Waals surface area contributed by atoms with Gasteiger partial charge in [-0.2, -0.15) is 0 Å². The van der Waals surface area contributed by atoms with Crippen molar-refractivity contribution in [2.45, 2.75) is 12.3 Å². The Bertz CT molecular complexity index is 675. The summed E-state index contributed by atoms with van der Waals surface area (Å²) in [7, 11) is 1.84. The summed E-state index contributed by atoms with van der Waals surface area (Å²) < 4.78 is 7.05. The maximum atomic E-state index is 11.5. The van der Waals surface area contributed by atoms with Gasteiger partial charge in [0, 0.05) is 7.05 Å². The van der Waals surface area contributed by atoms with E-state index in [-0.39, 0.29) is 11.1 Å². The highest BCUT2D eigenvalue weighted by atomic mass is 16.5. The molecule has 0 radical (unpaired) electrons. The van der Waals surface area contributed by atoms with Gasteiger partial charge in [-0.1, -0.05) is 0 Å². The number of aromatic nitrogens is 4. The Morgan fingerprint density at radius 1 is 1.45 bits per heavy atom. The first-order valence-corrected chi connectivity index (χ1v) is 6.23. The molecule has 1 saturated heterocycles. The average molecular weight is 273 g/mol. The molecule has 0 saturated carbocycles. The topological polar surface area (TPSA) is 95.9 Å². The molecule has 20 heavy (non-hydrogen) atoms. The monoisotopic (exact) mass is 273 g/mol. The molecule has 1 aliphatic rings. The first-order valence-electron chi connectivity index (χ1n) is 6.23. The van der Waals surface area contributed by atoms with Crippen molar-refractivity contribution in [1.82, 2.24) is 19.5 Å². The van der Waals surface area contributed by atoms with Gasteiger partial charge in [0.15, 0.2) is 5.82 Å². The summed E-state index contributed by atoms with van der Waals surface area (Å²) in [6.45, 7) is 3.19. The van der Waals surface area contributed by atoms with Gasteiger partial charge in [0.25, 0.3) is 5.91 Å². The number of hydrogen-bond acceptors (Lipinski definition) is 5. The van der Waals surface area contributed by atoms with Crippen molar-refractivity contribution in [3.8, 4) is 11.5 Å². The van der Waals surface area contributed by atoms with Gasteiger partial charge >= 0.3 is 0 Å². The summed E-state index contributed by atoms with van der Waals surface area (Å²) in [6, 6.07) is 1.64. The predicted molar refractivity (Wildman–Crippen MR) is 70.9 cm³/mol. The predicted octanol–water partition coefficient (Wildman–Crippen LogP) is 0.264. The quantitative estimate of drug-likeness (QED) is 0.865. The normalized spacial score (nSPS) is 16.7. The van der Waals surface area contributed by atoms with Gasteiger partial charge < -0.3 is 15.0 Å². The number of ether oxygens (including phenoxy) is 1. The van der Waals surface area contributed by atoms with Crippen LogP contribution in [0.15, 0.2) is 18.6 Å². The number of imidazole rings is 1. The Labute approximate surface area is 115 Å². The number of carbonyl (C=O) groups is 1. The molecule has 104 valence electrons. The summed E-state index contributed by atoms with van der Waals surface area (Å²) in [4.78, 5) is 24.3. The van der Waals surface area contributed by atoms with Crippen LogP contribution in [0.5, 0.6) is 0 Å². The minimum atomic E-state index is -0.569. The van der Waals surface area contributed by atoms with Crippen LogP contribution in [0.3, 0.4) is 0 Å². The van der Waals surface area contributed by atoms with Crippen LogP contribution in [0, 0.1) is 0 Å². The molecule has 1 aliphatic heterocycles. The number of nitrogens with two attached hydrogens (primary N) is 1. The molecule has 0 spiro atoms. The lowest BCUT2D eigenvalue weighted by Gasteiger charge is -2.37. The van der Waals surface area contributed by atoms with Crippen molar-refractivity contribution < 1.29 is 9.53 Å². The molecule has 7 heteroatoms. The van der Waals surface area contributed by atoms with E-state index < -0.39 is 5.91 Å². The number of hydrogen-bond donors (Lipinski definition) is 1. The van der Waals surface area contributed by atoms with E-state index >= 15 is 0 Å². The Hall–Kier alpha value is -2.28. The van der Waals surface area contributed by atoms with Crippen LogP contribution in [0.1, 0.15) is 23.1 Å². The number of aryl methyl sites for hydroxylation is 1. The number of amides is 1. The van der Waals surface area contributed by atoms with Crippen LogP contribution >= 0.6 is 0 Å². The lowest BCUT2D eigenvalue weighted by Crippen LogP contribution is -2.44. The van der Waals surface area contributed by atoms with Crippen molar-refractivity contribution in [1.29, 1.82) is 0 Å². The smallest absolute Gasteiger partial charge is 0.267 e. The summed E-state index contributed by atoms with van der Waals surface area (Å²) in [5.74, 6) is -0.120. The third-order valence-corrected chi connectivity index (χ3v) is 3.48. The van der Waals surface area contributed by atoms with Gasteiger partial charge in [0.05, 0.1) is 36.8 Å². The zero-order valence-corrected chi connectivity index (χ0v) is 11.3. The summed E-state index contributed by atoms with van der Waals surface area (Å²) >= 11 is 0. The maximum absolute atomic E-state index is 11.5. The summed E-state index contributed by atoms with van der Waals surface area (Å²) in [5.41, 5.74) is 6.88. The van der Waals surface area contributed by atoms with Gasteiger partial charge in [-0.05, 0) is 13.0 Å². The second kappa shape index (κ2) is 4.38. The zero-order chi connectivity index (χ0) is 14.3. The van der Waals surface area contributed by atoms with E-state index in [0.29, 0.717) is 19.0 Å². The van der Waals surface area contributed by atoms with Crippen molar-refractivity contribution >= 4 is 5.91 Å². The highest BCUT2D eigenvalue weighted by Crippen LogP contribution is 2.31. The standard InChI is InChI=1S/C13H15N5O2/c1-13(5-20-6-13)10-3-8(11(14)19)16-12(17-10)9-4-15-7-18(9)2/h3-4,7H,5-6H2,1-2H3,(H2,14,19). The highest BCUT2D eigenvalue weighted by molar-refractivity contribution is 5.91. The molecule has 0 aliphatic carbocycles. The van der Waals surface area contributed by atoms with Crippen LogP contribution in [0.4, 0.5) is 0 Å². The second-order valence-electron chi connectivity index (χ2n) is 5.27. The van der Waals surface area contributed by atoms with Crippen LogP contribution < -0.4 is 5.73 Å². The molecular formula is C13H15N5O2. The molecule has 0 atom stereocenters. The molecule has 1 fully saturated rings. The number of nitrogens with zero attached hydrogens (tertiary/aromatic N) is 4. The fourth-order valence-electron chi connectivity index (χ4n) is 2.13. The Kier molecular flexibility index (Phi) is 2.79. The minimum Gasteiger partial charge on any atom is -0.379 e. The van der Waals surface area contributed by atoms with Gasteiger partial charge in [-0.3, -0.25) is 4.79 Å². The van der Waals surface area contributed by atoms with Crippen LogP contribution in [0.2, 0.25) is 0 Å². The maximum Gasteiger partial charge on any atom is 0.267 e. The fourth-order valence-corrected chi connectivity index (χ4v) is 2.13. The van der Waals surface area contributed by atoms with Crippen molar-refractivity contribution in [2.24, 2.45) is 12.8 Å². The third kappa shape index (κ3) is 1.96. The van der Waals surface area contributed by atoms with Crippen molar-refractivity contribution in [3.05, 3.63) is 30.0 Å². The summed E-state index contributed by atoms with van der Waals surface area (Å²) in [6.07, 6.45) is 3.31. The fraction of sp³-hybridized carbons (Fsp3) is 0.385. The lowest BCUT2D eigenvalue weighted by atomic mass is 9.84. The number of carbonyl (C=O) groups excluding carboxylic acids is 1. The molecular weight excluding hydrogens is 258 g/mol. The number of rotatable bonds is 3. The molecule has 0 bridgehead atoms. The van der Waals surface area contributed by atoms with Crippen LogP contribution in [0.25, 0.3) is 11.5 Å². The Balaban J connectivity index is 2.15. The molecule has 1 amide bonds. The molecule has 0 unspecified atom stereocenters. The van der Waals surface area contributed by atoms with Crippen LogP contribution in [-0.4, -0.2) is 38.6 Å². The second-order valence-corrected chi connectivity index (χ2v) is 5.27. The van der Waals surface area contributed by atoms with E-state index in [4.69, 9.17) is 10.5 Å². The first kappa shape index (κ1) is 12.7. The van der Waals surface area contributed by atoms with E-state index in [2.05, 4.69) is 15.0 Å². The number of primary amides is 1. The third-order valence-electron chi connectivity index (χ3n) is 3.48. The van der Waals surface area contributed by atoms with Gasteiger partial charge in [-0.25, -0.2) is 15.0 Å². The summed E-state index contributed by atoms with van der Waals surface area (Å²) in [5, 5.41) is 0. The van der Waals surface area contributed by atoms with Gasteiger partial charge in [0.2, 0.25) is 0 Å². The van der Waals surface area contributed by atoms with Crippen molar-refractivity contribution in [3.63, 3.8) is 0 Å².